The summed E-state index contributed by atoms with van der Waals surface area (Å²) in [5, 5.41) is 17.3. The van der Waals surface area contributed by atoms with E-state index in [-0.39, 0.29) is 16.3 Å². The van der Waals surface area contributed by atoms with Gasteiger partial charge in [0.25, 0.3) is 0 Å². The molecular formula is C16H19N7O4S. The summed E-state index contributed by atoms with van der Waals surface area (Å²) in [6, 6.07) is 4.16. The second kappa shape index (κ2) is 7.48. The van der Waals surface area contributed by atoms with Crippen LogP contribution in [0.2, 0.25) is 0 Å². The van der Waals surface area contributed by atoms with Crippen LogP contribution in [0.4, 0.5) is 5.69 Å². The van der Waals surface area contributed by atoms with Crippen LogP contribution in [0.15, 0.2) is 33.9 Å². The largest absolute Gasteiger partial charge is 0.360 e. The van der Waals surface area contributed by atoms with Crippen molar-refractivity contribution in [3.63, 3.8) is 0 Å². The van der Waals surface area contributed by atoms with Gasteiger partial charge in [-0.3, -0.25) is 4.79 Å². The van der Waals surface area contributed by atoms with Gasteiger partial charge in [0, 0.05) is 5.69 Å². The maximum Gasteiger partial charge on any atom is 0.246 e. The van der Waals surface area contributed by atoms with Gasteiger partial charge in [-0.05, 0) is 55.8 Å². The third-order valence-electron chi connectivity index (χ3n) is 4.03. The van der Waals surface area contributed by atoms with Crippen molar-refractivity contribution in [1.82, 2.24) is 30.1 Å². The lowest BCUT2D eigenvalue weighted by atomic mass is 10.1. The van der Waals surface area contributed by atoms with E-state index in [0.29, 0.717) is 11.4 Å². The molecule has 3 rings (SSSR count). The molecule has 12 heteroatoms. The molecule has 0 aliphatic rings. The minimum absolute atomic E-state index is 0.0662. The Labute approximate surface area is 161 Å². The van der Waals surface area contributed by atoms with E-state index in [1.807, 2.05) is 6.92 Å². The number of carbonyl (C=O) groups excluding carboxylic acids is 1. The first-order chi connectivity index (χ1) is 13.2. The van der Waals surface area contributed by atoms with E-state index in [2.05, 4.69) is 30.7 Å². The molecule has 1 aromatic carbocycles. The molecule has 1 atom stereocenters. The summed E-state index contributed by atoms with van der Waals surface area (Å²) < 4.78 is 33.8. The van der Waals surface area contributed by atoms with E-state index >= 15 is 0 Å². The number of nitrogens with one attached hydrogen (secondary N) is 2. The van der Waals surface area contributed by atoms with Crippen LogP contribution in [0, 0.1) is 20.8 Å². The first kappa shape index (κ1) is 19.6. The molecule has 0 saturated carbocycles. The van der Waals surface area contributed by atoms with E-state index in [9.17, 15) is 13.2 Å². The third kappa shape index (κ3) is 3.92. The molecule has 0 radical (unpaired) electrons. The Hall–Kier alpha value is -3.12. The van der Waals surface area contributed by atoms with E-state index < -0.39 is 22.0 Å². The summed E-state index contributed by atoms with van der Waals surface area (Å²) in [5.41, 5.74) is 2.29. The van der Waals surface area contributed by atoms with Crippen LogP contribution < -0.4 is 10.0 Å². The fourth-order valence-electron chi connectivity index (χ4n) is 2.66. The molecule has 0 fully saturated rings. The number of hydrogen-bond acceptors (Lipinski definition) is 8. The van der Waals surface area contributed by atoms with Crippen LogP contribution in [0.5, 0.6) is 0 Å². The lowest BCUT2D eigenvalue weighted by Gasteiger charge is -2.15. The first-order valence-corrected chi connectivity index (χ1v) is 9.77. The van der Waals surface area contributed by atoms with E-state index in [1.54, 1.807) is 18.2 Å². The number of tetrazole rings is 1. The fraction of sp³-hybridized carbons (Fsp3) is 0.312. The Kier molecular flexibility index (Phi) is 5.25. The minimum Gasteiger partial charge on any atom is -0.360 e. The van der Waals surface area contributed by atoms with Gasteiger partial charge in [-0.2, -0.15) is 4.72 Å². The third-order valence-corrected chi connectivity index (χ3v) is 5.82. The second-order valence-electron chi connectivity index (χ2n) is 6.24. The number of hydrogen-bond donors (Lipinski definition) is 2. The van der Waals surface area contributed by atoms with Crippen LogP contribution in [0.25, 0.3) is 5.69 Å². The Bertz CT molecular complexity index is 1090. The lowest BCUT2D eigenvalue weighted by Crippen LogP contribution is -2.41. The molecule has 0 bridgehead atoms. The van der Waals surface area contributed by atoms with E-state index in [4.69, 9.17) is 4.52 Å². The molecule has 148 valence electrons. The van der Waals surface area contributed by atoms with Crippen LogP contribution in [0.3, 0.4) is 0 Å². The highest BCUT2D eigenvalue weighted by atomic mass is 32.2. The molecule has 1 amide bonds. The standard InChI is InChI=1S/C16H19N7O4S/c1-9-5-6-13(7-14(9)23-8-17-21-22-23)18-16(24)11(3)20-28(25,26)15-10(2)19-27-12(15)4/h5-8,11,20H,1-4H3,(H,18,24)/t11-/m0/s1. The summed E-state index contributed by atoms with van der Waals surface area (Å²) in [6.45, 7) is 6.33. The molecule has 2 N–H and O–H groups in total. The predicted molar refractivity (Wildman–Crippen MR) is 98.3 cm³/mol. The summed E-state index contributed by atoms with van der Waals surface area (Å²) in [5.74, 6) is -0.371. The van der Waals surface area contributed by atoms with Gasteiger partial charge in [0.1, 0.15) is 16.9 Å². The number of benzene rings is 1. The summed E-state index contributed by atoms with van der Waals surface area (Å²) in [6.07, 6.45) is 1.44. The zero-order valence-electron chi connectivity index (χ0n) is 15.7. The van der Waals surface area contributed by atoms with Gasteiger partial charge in [-0.1, -0.05) is 11.2 Å². The average molecular weight is 405 g/mol. The number of anilines is 1. The Morgan fingerprint density at radius 1 is 1.25 bits per heavy atom. The van der Waals surface area contributed by atoms with Crippen molar-refractivity contribution < 1.29 is 17.7 Å². The van der Waals surface area contributed by atoms with Gasteiger partial charge < -0.3 is 9.84 Å². The Morgan fingerprint density at radius 3 is 2.61 bits per heavy atom. The van der Waals surface area contributed by atoms with Crippen molar-refractivity contribution in [2.45, 2.75) is 38.6 Å². The van der Waals surface area contributed by atoms with Crippen LogP contribution in [-0.4, -0.2) is 45.7 Å². The topological polar surface area (TPSA) is 145 Å². The predicted octanol–water partition coefficient (Wildman–Crippen LogP) is 0.881. The molecule has 0 unspecified atom stereocenters. The van der Waals surface area contributed by atoms with Crippen LogP contribution in [0.1, 0.15) is 23.9 Å². The van der Waals surface area contributed by atoms with Gasteiger partial charge >= 0.3 is 0 Å². The maximum atomic E-state index is 12.5. The van der Waals surface area contributed by atoms with Crippen molar-refractivity contribution >= 4 is 21.6 Å². The molecular weight excluding hydrogens is 386 g/mol. The lowest BCUT2D eigenvalue weighted by molar-refractivity contribution is -0.117. The molecule has 2 heterocycles. The van der Waals surface area contributed by atoms with Gasteiger partial charge in [0.2, 0.25) is 15.9 Å². The fourth-order valence-corrected chi connectivity index (χ4v) is 4.19. The number of nitrogens with zero attached hydrogens (tertiary/aromatic N) is 5. The van der Waals surface area contributed by atoms with E-state index in [1.165, 1.54) is 31.8 Å². The zero-order chi connectivity index (χ0) is 20.5. The van der Waals surface area contributed by atoms with Gasteiger partial charge in [0.05, 0.1) is 11.7 Å². The quantitative estimate of drug-likeness (QED) is 0.615. The molecule has 2 aromatic heterocycles. The van der Waals surface area contributed by atoms with Crippen molar-refractivity contribution in [2.75, 3.05) is 5.32 Å². The number of aryl methyl sites for hydroxylation is 3. The Morgan fingerprint density at radius 2 is 2.00 bits per heavy atom. The molecule has 0 aliphatic heterocycles. The van der Waals surface area contributed by atoms with Gasteiger partial charge in [-0.25, -0.2) is 13.1 Å². The highest BCUT2D eigenvalue weighted by molar-refractivity contribution is 7.89. The van der Waals surface area contributed by atoms with Crippen LogP contribution in [-0.2, 0) is 14.8 Å². The maximum absolute atomic E-state index is 12.5. The van der Waals surface area contributed by atoms with Crippen molar-refractivity contribution in [2.24, 2.45) is 0 Å². The molecule has 11 nitrogen and oxygen atoms in total. The van der Waals surface area contributed by atoms with Gasteiger partial charge in [0.15, 0.2) is 5.76 Å². The Balaban J connectivity index is 1.75. The first-order valence-electron chi connectivity index (χ1n) is 8.29. The number of rotatable bonds is 6. The molecule has 28 heavy (non-hydrogen) atoms. The highest BCUT2D eigenvalue weighted by Crippen LogP contribution is 2.20. The molecule has 0 spiro atoms. The second-order valence-corrected chi connectivity index (χ2v) is 7.89. The normalized spacial score (nSPS) is 12.7. The van der Waals surface area contributed by atoms with Gasteiger partial charge in [-0.15, -0.1) is 5.10 Å². The van der Waals surface area contributed by atoms with Crippen molar-refractivity contribution in [3.05, 3.63) is 41.5 Å². The smallest absolute Gasteiger partial charge is 0.246 e. The summed E-state index contributed by atoms with van der Waals surface area (Å²) in [4.78, 5) is 12.4. The number of carbonyl (C=O) groups is 1. The monoisotopic (exact) mass is 405 g/mol. The number of sulfonamides is 1. The summed E-state index contributed by atoms with van der Waals surface area (Å²) >= 11 is 0. The summed E-state index contributed by atoms with van der Waals surface area (Å²) in [7, 11) is -3.96. The zero-order valence-corrected chi connectivity index (χ0v) is 16.5. The molecule has 0 saturated heterocycles. The number of aromatic nitrogens is 5. The van der Waals surface area contributed by atoms with Crippen molar-refractivity contribution in [3.8, 4) is 5.69 Å². The molecule has 3 aromatic rings. The average Bonchev–Trinajstić information content (AvgIpc) is 3.26. The van der Waals surface area contributed by atoms with E-state index in [0.717, 1.165) is 5.56 Å². The highest BCUT2D eigenvalue weighted by Gasteiger charge is 2.28. The van der Waals surface area contributed by atoms with Crippen LogP contribution >= 0.6 is 0 Å². The van der Waals surface area contributed by atoms with Crippen molar-refractivity contribution in [1.29, 1.82) is 0 Å². The SMILES string of the molecule is Cc1ccc(NC(=O)[C@H](C)NS(=O)(=O)c2c(C)noc2C)cc1-n1cnnn1. The minimum atomic E-state index is -3.96. The molecule has 0 aliphatic carbocycles. The number of amides is 1.